The first-order chi connectivity index (χ1) is 14.9. The number of benzene rings is 1. The monoisotopic (exact) mass is 424 g/mol. The first-order valence-corrected chi connectivity index (χ1v) is 11.2. The van der Waals surface area contributed by atoms with Crippen LogP contribution in [-0.2, 0) is 17.9 Å². The second kappa shape index (κ2) is 8.73. The van der Waals surface area contributed by atoms with Crippen LogP contribution in [0.15, 0.2) is 30.5 Å². The minimum Gasteiger partial charge on any atom is -0.492 e. The summed E-state index contributed by atoms with van der Waals surface area (Å²) < 4.78 is 7.89. The standard InChI is InChI=1S/C24H32N4O3/c1-4-28-18(2)21(15-25-28)22(29)27-13-6-5-12-26(3)23(30)24(10-11-24)17-31-20-9-7-8-19(14-20)16-27/h7-9,14-15H,4-6,10-13,16-17H2,1-3H3. The summed E-state index contributed by atoms with van der Waals surface area (Å²) in [5, 5.41) is 4.34. The third kappa shape index (κ3) is 4.45. The Labute approximate surface area is 184 Å². The van der Waals surface area contributed by atoms with Crippen LogP contribution in [0.4, 0.5) is 0 Å². The van der Waals surface area contributed by atoms with E-state index < -0.39 is 0 Å². The van der Waals surface area contributed by atoms with Gasteiger partial charge < -0.3 is 14.5 Å². The van der Waals surface area contributed by atoms with Gasteiger partial charge in [0.1, 0.15) is 12.4 Å². The average molecular weight is 425 g/mol. The van der Waals surface area contributed by atoms with Crippen molar-refractivity contribution < 1.29 is 14.3 Å². The fraction of sp³-hybridized carbons (Fsp3) is 0.542. The second-order valence-corrected chi connectivity index (χ2v) is 8.84. The lowest BCUT2D eigenvalue weighted by Crippen LogP contribution is -2.38. The molecule has 1 fully saturated rings. The molecule has 0 saturated heterocycles. The fourth-order valence-corrected chi connectivity index (χ4v) is 4.30. The highest BCUT2D eigenvalue weighted by Crippen LogP contribution is 2.47. The topological polar surface area (TPSA) is 67.7 Å². The Balaban J connectivity index is 1.58. The van der Waals surface area contributed by atoms with Gasteiger partial charge in [0.15, 0.2) is 0 Å². The van der Waals surface area contributed by atoms with Crippen molar-refractivity contribution in [3.8, 4) is 5.75 Å². The number of aryl methyl sites for hydroxylation is 1. The zero-order chi connectivity index (χ0) is 22.0. The van der Waals surface area contributed by atoms with E-state index in [-0.39, 0.29) is 17.2 Å². The van der Waals surface area contributed by atoms with Gasteiger partial charge in [0, 0.05) is 38.9 Å². The predicted molar refractivity (Wildman–Crippen MR) is 118 cm³/mol. The minimum atomic E-state index is -0.353. The smallest absolute Gasteiger partial charge is 0.257 e. The van der Waals surface area contributed by atoms with Crippen LogP contribution in [0.25, 0.3) is 0 Å². The molecule has 1 aromatic carbocycles. The number of carbonyl (C=O) groups is 2. The summed E-state index contributed by atoms with van der Waals surface area (Å²) in [4.78, 5) is 30.0. The molecule has 2 amide bonds. The molecule has 1 spiro atoms. The number of aromatic nitrogens is 2. The molecule has 4 rings (SSSR count). The van der Waals surface area contributed by atoms with Crippen LogP contribution in [0.2, 0.25) is 0 Å². The Morgan fingerprint density at radius 3 is 2.71 bits per heavy atom. The van der Waals surface area contributed by atoms with Gasteiger partial charge in [-0.3, -0.25) is 14.3 Å². The first-order valence-electron chi connectivity index (χ1n) is 11.2. The van der Waals surface area contributed by atoms with Gasteiger partial charge >= 0.3 is 0 Å². The highest BCUT2D eigenvalue weighted by molar-refractivity contribution is 5.95. The molecule has 1 aliphatic heterocycles. The Morgan fingerprint density at radius 2 is 2.00 bits per heavy atom. The summed E-state index contributed by atoms with van der Waals surface area (Å²) >= 11 is 0. The predicted octanol–water partition coefficient (Wildman–Crippen LogP) is 3.27. The lowest BCUT2D eigenvalue weighted by Gasteiger charge is -2.26. The lowest BCUT2D eigenvalue weighted by molar-refractivity contribution is -0.136. The van der Waals surface area contributed by atoms with E-state index >= 15 is 0 Å². The van der Waals surface area contributed by atoms with Gasteiger partial charge in [-0.1, -0.05) is 12.1 Å². The molecule has 31 heavy (non-hydrogen) atoms. The maximum Gasteiger partial charge on any atom is 0.257 e. The third-order valence-electron chi connectivity index (χ3n) is 6.53. The third-order valence-corrected chi connectivity index (χ3v) is 6.53. The summed E-state index contributed by atoms with van der Waals surface area (Å²) in [5.41, 5.74) is 2.22. The fourth-order valence-electron chi connectivity index (χ4n) is 4.30. The number of rotatable bonds is 2. The number of nitrogens with zero attached hydrogens (tertiary/aromatic N) is 4. The van der Waals surface area contributed by atoms with E-state index in [4.69, 9.17) is 4.74 Å². The molecule has 0 N–H and O–H groups in total. The number of fused-ring (bicyclic) bond motifs is 2. The largest absolute Gasteiger partial charge is 0.492 e. The van der Waals surface area contributed by atoms with Crippen LogP contribution in [0.1, 0.15) is 54.2 Å². The van der Waals surface area contributed by atoms with Crippen molar-refractivity contribution >= 4 is 11.8 Å². The van der Waals surface area contributed by atoms with E-state index in [1.807, 2.05) is 59.6 Å². The van der Waals surface area contributed by atoms with E-state index in [0.29, 0.717) is 31.8 Å². The molecule has 2 aromatic rings. The van der Waals surface area contributed by atoms with E-state index in [9.17, 15) is 9.59 Å². The molecule has 2 aliphatic rings. The van der Waals surface area contributed by atoms with Gasteiger partial charge in [0.25, 0.3) is 5.91 Å². The van der Waals surface area contributed by atoms with Crippen LogP contribution in [0.5, 0.6) is 5.75 Å². The summed E-state index contributed by atoms with van der Waals surface area (Å²) in [6.45, 7) is 6.96. The van der Waals surface area contributed by atoms with E-state index in [0.717, 1.165) is 49.2 Å². The number of ether oxygens (including phenoxy) is 1. The second-order valence-electron chi connectivity index (χ2n) is 8.84. The van der Waals surface area contributed by atoms with Crippen LogP contribution in [0, 0.1) is 12.3 Å². The molecule has 2 heterocycles. The summed E-state index contributed by atoms with van der Waals surface area (Å²) in [6, 6.07) is 7.88. The highest BCUT2D eigenvalue weighted by atomic mass is 16.5. The molecule has 166 valence electrons. The van der Waals surface area contributed by atoms with Crippen molar-refractivity contribution in [3.63, 3.8) is 0 Å². The van der Waals surface area contributed by atoms with Gasteiger partial charge in [-0.15, -0.1) is 0 Å². The minimum absolute atomic E-state index is 0.00280. The molecule has 1 aromatic heterocycles. The highest BCUT2D eigenvalue weighted by Gasteiger charge is 2.52. The Kier molecular flexibility index (Phi) is 6.03. The molecule has 1 aliphatic carbocycles. The van der Waals surface area contributed by atoms with Crippen molar-refractivity contribution in [1.29, 1.82) is 0 Å². The number of carbonyl (C=O) groups excluding carboxylic acids is 2. The molecular weight excluding hydrogens is 392 g/mol. The maximum atomic E-state index is 13.4. The molecule has 0 atom stereocenters. The van der Waals surface area contributed by atoms with Gasteiger partial charge in [-0.05, 0) is 57.2 Å². The van der Waals surface area contributed by atoms with Crippen LogP contribution < -0.4 is 4.74 Å². The average Bonchev–Trinajstić information content (AvgIpc) is 3.48. The molecule has 1 saturated carbocycles. The van der Waals surface area contributed by atoms with Crippen molar-refractivity contribution in [2.45, 2.75) is 52.6 Å². The summed E-state index contributed by atoms with van der Waals surface area (Å²) in [5.74, 6) is 0.923. The van der Waals surface area contributed by atoms with E-state index in [1.54, 1.807) is 6.20 Å². The molecule has 0 unspecified atom stereocenters. The summed E-state index contributed by atoms with van der Waals surface area (Å²) in [6.07, 6.45) is 5.16. The molecular formula is C24H32N4O3. The quantitative estimate of drug-likeness (QED) is 0.742. The lowest BCUT2D eigenvalue weighted by atomic mass is 10.1. The normalized spacial score (nSPS) is 19.1. The van der Waals surface area contributed by atoms with Crippen molar-refractivity contribution in [2.24, 2.45) is 5.41 Å². The number of hydrogen-bond donors (Lipinski definition) is 0. The van der Waals surface area contributed by atoms with Gasteiger partial charge in [0.05, 0.1) is 17.2 Å². The summed E-state index contributed by atoms with van der Waals surface area (Å²) in [7, 11) is 1.88. The maximum absolute atomic E-state index is 13.4. The number of hydrogen-bond acceptors (Lipinski definition) is 4. The molecule has 7 heteroatoms. The van der Waals surface area contributed by atoms with Crippen molar-refractivity contribution in [3.05, 3.63) is 47.3 Å². The van der Waals surface area contributed by atoms with Crippen LogP contribution in [0.3, 0.4) is 0 Å². The van der Waals surface area contributed by atoms with Crippen molar-refractivity contribution in [2.75, 3.05) is 26.7 Å². The zero-order valence-electron chi connectivity index (χ0n) is 18.8. The van der Waals surface area contributed by atoms with Gasteiger partial charge in [-0.2, -0.15) is 5.10 Å². The van der Waals surface area contributed by atoms with Gasteiger partial charge in [0.2, 0.25) is 5.91 Å². The zero-order valence-corrected chi connectivity index (χ0v) is 18.8. The molecule has 2 bridgehead atoms. The van der Waals surface area contributed by atoms with Crippen LogP contribution >= 0.6 is 0 Å². The molecule has 0 radical (unpaired) electrons. The first kappa shape index (κ1) is 21.4. The van der Waals surface area contributed by atoms with Crippen molar-refractivity contribution in [1.82, 2.24) is 19.6 Å². The van der Waals surface area contributed by atoms with E-state index in [1.165, 1.54) is 0 Å². The van der Waals surface area contributed by atoms with Crippen LogP contribution in [-0.4, -0.2) is 58.1 Å². The Morgan fingerprint density at radius 1 is 1.23 bits per heavy atom. The Hall–Kier alpha value is -2.83. The number of amides is 2. The Bertz CT molecular complexity index is 963. The molecule has 7 nitrogen and oxygen atoms in total. The SMILES string of the molecule is CCn1ncc(C(=O)N2CCCCN(C)C(=O)C3(CC3)COc3cccc(c3)C2)c1C. The van der Waals surface area contributed by atoms with Gasteiger partial charge in [-0.25, -0.2) is 0 Å². The van der Waals surface area contributed by atoms with E-state index in [2.05, 4.69) is 5.10 Å².